The fourth-order valence-corrected chi connectivity index (χ4v) is 7.61. The Morgan fingerprint density at radius 1 is 0.408 bits per heavy atom. The van der Waals surface area contributed by atoms with Gasteiger partial charge in [-0.05, 0) is 45.1 Å². The van der Waals surface area contributed by atoms with Crippen molar-refractivity contribution in [3.63, 3.8) is 0 Å². The van der Waals surface area contributed by atoms with E-state index < -0.39 is 6.17 Å². The molecule has 230 valence electrons. The number of amidine groups is 2. The number of hydrogen-bond donors (Lipinski definition) is 1. The average molecular weight is 627 g/mol. The van der Waals surface area contributed by atoms with E-state index in [4.69, 9.17) is 9.98 Å². The van der Waals surface area contributed by atoms with Crippen molar-refractivity contribution in [2.75, 3.05) is 0 Å². The van der Waals surface area contributed by atoms with Crippen LogP contribution in [0, 0.1) is 0 Å². The third-order valence-electron chi connectivity index (χ3n) is 9.83. The molecule has 0 aliphatic carbocycles. The summed E-state index contributed by atoms with van der Waals surface area (Å²) in [5.74, 6) is 1.63. The van der Waals surface area contributed by atoms with E-state index in [0.717, 1.165) is 44.8 Å². The molecular weight excluding hydrogens is 597 g/mol. The third-order valence-corrected chi connectivity index (χ3v) is 9.83. The Kier molecular flexibility index (Phi) is 6.21. The standard InChI is InChI=1S/C45H30N4/c1-3-15-31(16-4-1)43-46-44(32-17-5-2-6-18-32)48-45(47-43)37-25-28-38(36-22-12-11-21-35(36)37)49-39-26-23-29-13-7-9-19-33(29)41(39)42-34-20-10-8-14-30(34)24-27-40(42)49/h1-28,45H,(H,46,47,48). The second-order valence-electron chi connectivity index (χ2n) is 12.6. The summed E-state index contributed by atoms with van der Waals surface area (Å²) >= 11 is 0. The molecule has 8 aromatic carbocycles. The van der Waals surface area contributed by atoms with Gasteiger partial charge in [-0.25, -0.2) is 9.98 Å². The van der Waals surface area contributed by atoms with E-state index in [-0.39, 0.29) is 0 Å². The Labute approximate surface area is 283 Å². The first-order valence-corrected chi connectivity index (χ1v) is 16.7. The molecule has 0 bridgehead atoms. The first kappa shape index (κ1) is 27.6. The topological polar surface area (TPSA) is 41.7 Å². The second kappa shape index (κ2) is 11.0. The van der Waals surface area contributed by atoms with Gasteiger partial charge in [-0.3, -0.25) is 0 Å². The highest BCUT2D eigenvalue weighted by molar-refractivity contribution is 6.28. The van der Waals surface area contributed by atoms with Gasteiger partial charge in [0, 0.05) is 32.8 Å². The lowest BCUT2D eigenvalue weighted by Gasteiger charge is -2.24. The average Bonchev–Trinajstić information content (AvgIpc) is 3.53. The molecule has 0 atom stereocenters. The Hall–Kier alpha value is -6.52. The molecule has 0 saturated heterocycles. The van der Waals surface area contributed by atoms with Gasteiger partial charge in [-0.15, -0.1) is 0 Å². The highest BCUT2D eigenvalue weighted by Crippen LogP contribution is 2.42. The minimum atomic E-state index is -0.420. The Bertz CT molecular complexity index is 2640. The van der Waals surface area contributed by atoms with Crippen LogP contribution in [-0.4, -0.2) is 16.2 Å². The minimum Gasteiger partial charge on any atom is -0.324 e. The van der Waals surface area contributed by atoms with Crippen LogP contribution in [0.5, 0.6) is 0 Å². The van der Waals surface area contributed by atoms with Gasteiger partial charge in [0.05, 0.1) is 16.7 Å². The molecule has 0 amide bonds. The summed E-state index contributed by atoms with van der Waals surface area (Å²) in [7, 11) is 0. The summed E-state index contributed by atoms with van der Waals surface area (Å²) in [5.41, 5.74) is 6.65. The van der Waals surface area contributed by atoms with Gasteiger partial charge in [0.1, 0.15) is 11.7 Å². The van der Waals surface area contributed by atoms with Crippen LogP contribution in [-0.2, 0) is 0 Å². The molecule has 0 fully saturated rings. The molecule has 49 heavy (non-hydrogen) atoms. The summed E-state index contributed by atoms with van der Waals surface area (Å²) in [6.07, 6.45) is -0.420. The van der Waals surface area contributed by atoms with Crippen molar-refractivity contribution in [1.82, 2.24) is 9.88 Å². The first-order chi connectivity index (χ1) is 24.3. The predicted molar refractivity (Wildman–Crippen MR) is 205 cm³/mol. The Morgan fingerprint density at radius 3 is 1.43 bits per heavy atom. The lowest BCUT2D eigenvalue weighted by atomic mass is 10.00. The van der Waals surface area contributed by atoms with Crippen LogP contribution in [0.2, 0.25) is 0 Å². The van der Waals surface area contributed by atoms with E-state index in [1.807, 2.05) is 36.4 Å². The van der Waals surface area contributed by atoms with Crippen LogP contribution < -0.4 is 5.32 Å². The third kappa shape index (κ3) is 4.38. The van der Waals surface area contributed by atoms with Crippen LogP contribution in [0.1, 0.15) is 22.9 Å². The maximum atomic E-state index is 5.22. The minimum absolute atomic E-state index is 0.420. The highest BCUT2D eigenvalue weighted by Gasteiger charge is 2.24. The molecule has 0 saturated carbocycles. The molecule has 0 unspecified atom stereocenters. The zero-order chi connectivity index (χ0) is 32.3. The zero-order valence-corrected chi connectivity index (χ0v) is 26.6. The van der Waals surface area contributed by atoms with E-state index in [9.17, 15) is 0 Å². The zero-order valence-electron chi connectivity index (χ0n) is 26.6. The van der Waals surface area contributed by atoms with Crippen molar-refractivity contribution >= 4 is 65.8 Å². The van der Waals surface area contributed by atoms with Gasteiger partial charge < -0.3 is 9.88 Å². The SMILES string of the molecule is c1ccc(C2=NC(c3ccc(-n4c5ccc6ccccc6c5c5c6ccccc6ccc54)c4ccccc34)N=C(c3ccccc3)N2)cc1. The molecule has 0 radical (unpaired) electrons. The molecule has 2 heterocycles. The molecule has 9 aromatic rings. The summed E-state index contributed by atoms with van der Waals surface area (Å²) < 4.78 is 2.45. The van der Waals surface area contributed by atoms with Crippen LogP contribution in [0.15, 0.2) is 180 Å². The lowest BCUT2D eigenvalue weighted by Crippen LogP contribution is -2.36. The van der Waals surface area contributed by atoms with Crippen molar-refractivity contribution in [3.05, 3.63) is 187 Å². The van der Waals surface area contributed by atoms with E-state index in [1.165, 1.54) is 43.4 Å². The number of rotatable bonds is 4. The smallest absolute Gasteiger partial charge is 0.170 e. The molecule has 1 aliphatic rings. The van der Waals surface area contributed by atoms with Crippen molar-refractivity contribution in [1.29, 1.82) is 0 Å². The molecular formula is C45H30N4. The summed E-state index contributed by atoms with van der Waals surface area (Å²) in [6, 6.07) is 60.3. The van der Waals surface area contributed by atoms with Crippen LogP contribution in [0.25, 0.3) is 59.8 Å². The van der Waals surface area contributed by atoms with Gasteiger partial charge in [-0.2, -0.15) is 0 Å². The predicted octanol–water partition coefficient (Wildman–Crippen LogP) is 10.7. The fraction of sp³-hybridized carbons (Fsp3) is 0.0222. The highest BCUT2D eigenvalue weighted by atomic mass is 15.2. The first-order valence-electron chi connectivity index (χ1n) is 16.7. The maximum absolute atomic E-state index is 5.22. The molecule has 0 spiro atoms. The van der Waals surface area contributed by atoms with Crippen molar-refractivity contribution in [2.24, 2.45) is 9.98 Å². The normalized spacial score (nSPS) is 13.6. The Balaban J connectivity index is 1.24. The van der Waals surface area contributed by atoms with Gasteiger partial charge in [0.2, 0.25) is 0 Å². The molecule has 4 nitrogen and oxygen atoms in total. The van der Waals surface area contributed by atoms with E-state index in [0.29, 0.717) is 0 Å². The van der Waals surface area contributed by atoms with E-state index in [1.54, 1.807) is 0 Å². The molecule has 1 aliphatic heterocycles. The van der Waals surface area contributed by atoms with Gasteiger partial charge in [0.25, 0.3) is 0 Å². The summed E-state index contributed by atoms with van der Waals surface area (Å²) in [5, 5.41) is 13.4. The quantitative estimate of drug-likeness (QED) is 0.207. The van der Waals surface area contributed by atoms with Gasteiger partial charge in [-0.1, -0.05) is 152 Å². The molecule has 10 rings (SSSR count). The van der Waals surface area contributed by atoms with Crippen molar-refractivity contribution in [3.8, 4) is 5.69 Å². The van der Waals surface area contributed by atoms with Crippen LogP contribution in [0.3, 0.4) is 0 Å². The maximum Gasteiger partial charge on any atom is 0.170 e. The fourth-order valence-electron chi connectivity index (χ4n) is 7.61. The number of aromatic nitrogens is 1. The second-order valence-corrected chi connectivity index (χ2v) is 12.6. The van der Waals surface area contributed by atoms with Crippen molar-refractivity contribution in [2.45, 2.75) is 6.17 Å². The summed E-state index contributed by atoms with van der Waals surface area (Å²) in [6.45, 7) is 0. The number of aliphatic imine (C=N–C) groups is 2. The van der Waals surface area contributed by atoms with Crippen LogP contribution in [0.4, 0.5) is 0 Å². The van der Waals surface area contributed by atoms with Gasteiger partial charge in [0.15, 0.2) is 6.17 Å². The largest absolute Gasteiger partial charge is 0.324 e. The molecule has 4 heteroatoms. The van der Waals surface area contributed by atoms with E-state index in [2.05, 4.69) is 143 Å². The molecule has 1 aromatic heterocycles. The lowest BCUT2D eigenvalue weighted by molar-refractivity contribution is 0.762. The van der Waals surface area contributed by atoms with Crippen molar-refractivity contribution < 1.29 is 0 Å². The number of hydrogen-bond acceptors (Lipinski definition) is 3. The number of fused-ring (bicyclic) bond motifs is 8. The Morgan fingerprint density at radius 2 is 0.878 bits per heavy atom. The monoisotopic (exact) mass is 626 g/mol. The van der Waals surface area contributed by atoms with Crippen LogP contribution >= 0.6 is 0 Å². The summed E-state index contributed by atoms with van der Waals surface area (Å²) in [4.78, 5) is 10.4. The van der Waals surface area contributed by atoms with Gasteiger partial charge >= 0.3 is 0 Å². The number of nitrogens with one attached hydrogen (secondary N) is 1. The number of nitrogens with zero attached hydrogens (tertiary/aromatic N) is 3. The van der Waals surface area contributed by atoms with E-state index >= 15 is 0 Å². The molecule has 1 N–H and O–H groups in total. The number of benzene rings is 8.